The van der Waals surface area contributed by atoms with Crippen molar-refractivity contribution in [2.45, 2.75) is 6.42 Å². The summed E-state index contributed by atoms with van der Waals surface area (Å²) in [5.74, 6) is 0. The van der Waals surface area contributed by atoms with Crippen molar-refractivity contribution < 1.29 is 0 Å². The van der Waals surface area contributed by atoms with Gasteiger partial charge in [0.25, 0.3) is 0 Å². The maximum absolute atomic E-state index is 4.04. The Morgan fingerprint density at radius 3 is 3.07 bits per heavy atom. The van der Waals surface area contributed by atoms with Crippen LogP contribution in [-0.4, -0.2) is 25.3 Å². The van der Waals surface area contributed by atoms with Gasteiger partial charge in [-0.2, -0.15) is 0 Å². The molecule has 0 fully saturated rings. The van der Waals surface area contributed by atoms with E-state index in [1.807, 2.05) is 18.3 Å². The van der Waals surface area contributed by atoms with Gasteiger partial charge in [-0.05, 0) is 12.1 Å². The summed E-state index contributed by atoms with van der Waals surface area (Å²) in [6.45, 7) is 0. The van der Waals surface area contributed by atoms with Gasteiger partial charge in [-0.3, -0.25) is 4.98 Å². The van der Waals surface area contributed by atoms with Crippen LogP contribution in [0.4, 0.5) is 0 Å². The number of hydrogen-bond acceptors (Lipinski definition) is 3. The number of aryl methyl sites for hydroxylation is 1. The van der Waals surface area contributed by atoms with Gasteiger partial charge < -0.3 is 0 Å². The molecule has 0 aliphatic rings. The zero-order valence-electron chi connectivity index (χ0n) is 7.47. The van der Waals surface area contributed by atoms with Crippen molar-refractivity contribution in [2.24, 2.45) is 0 Å². The molecule has 5 heteroatoms. The lowest BCUT2D eigenvalue weighted by molar-refractivity contribution is 0.795. The average molecular weight is 253 g/mol. The predicted molar refractivity (Wildman–Crippen MR) is 56.7 cm³/mol. The third-order valence-electron chi connectivity index (χ3n) is 1.80. The summed E-state index contributed by atoms with van der Waals surface area (Å²) in [7, 11) is 0. The van der Waals surface area contributed by atoms with Crippen LogP contribution in [0, 0.1) is 0 Å². The molecule has 0 aliphatic carbocycles. The fraction of sp³-hybridized carbons (Fsp3) is 0.222. The molecule has 0 radical (unpaired) electrons. The first-order valence-corrected chi connectivity index (χ1v) is 5.40. The van der Waals surface area contributed by atoms with Gasteiger partial charge in [-0.25, -0.2) is 4.68 Å². The van der Waals surface area contributed by atoms with Crippen LogP contribution >= 0.6 is 15.9 Å². The molecule has 2 aromatic rings. The van der Waals surface area contributed by atoms with Crippen molar-refractivity contribution in [3.63, 3.8) is 0 Å². The van der Waals surface area contributed by atoms with Gasteiger partial charge in [0.05, 0.1) is 23.8 Å². The van der Waals surface area contributed by atoms with E-state index in [4.69, 9.17) is 0 Å². The first kappa shape index (κ1) is 9.33. The SMILES string of the molecule is BrCCc1cn(-c2cccnc2)nn1. The number of pyridine rings is 1. The quantitative estimate of drug-likeness (QED) is 0.780. The molecule has 0 N–H and O–H groups in total. The Bertz CT molecular complexity index is 398. The molecule has 0 atom stereocenters. The summed E-state index contributed by atoms with van der Waals surface area (Å²) in [6, 6.07) is 3.82. The summed E-state index contributed by atoms with van der Waals surface area (Å²) in [5, 5.41) is 8.95. The summed E-state index contributed by atoms with van der Waals surface area (Å²) >= 11 is 3.36. The Balaban J connectivity index is 2.25. The Morgan fingerprint density at radius 1 is 1.43 bits per heavy atom. The minimum Gasteiger partial charge on any atom is -0.262 e. The van der Waals surface area contributed by atoms with Gasteiger partial charge >= 0.3 is 0 Å². The number of rotatable bonds is 3. The van der Waals surface area contributed by atoms with Crippen LogP contribution in [0.15, 0.2) is 30.7 Å². The molecule has 0 saturated heterocycles. The standard InChI is InChI=1S/C9H9BrN4/c10-4-3-8-7-14(13-12-8)9-2-1-5-11-6-9/h1-2,5-7H,3-4H2. The molecular weight excluding hydrogens is 244 g/mol. The lowest BCUT2D eigenvalue weighted by Gasteiger charge is -1.96. The molecule has 0 aromatic carbocycles. The van der Waals surface area contributed by atoms with E-state index >= 15 is 0 Å². The highest BCUT2D eigenvalue weighted by atomic mass is 79.9. The molecule has 0 spiro atoms. The highest BCUT2D eigenvalue weighted by Gasteiger charge is 2.01. The monoisotopic (exact) mass is 252 g/mol. The van der Waals surface area contributed by atoms with Gasteiger partial charge in [0, 0.05) is 17.9 Å². The summed E-state index contributed by atoms with van der Waals surface area (Å²) in [6.07, 6.45) is 6.30. The van der Waals surface area contributed by atoms with Gasteiger partial charge in [0.1, 0.15) is 0 Å². The molecule has 4 nitrogen and oxygen atoms in total. The second kappa shape index (κ2) is 4.32. The molecule has 0 unspecified atom stereocenters. The molecule has 0 bridgehead atoms. The van der Waals surface area contributed by atoms with Crippen molar-refractivity contribution in [3.05, 3.63) is 36.4 Å². The molecule has 0 amide bonds. The molecule has 2 rings (SSSR count). The normalized spacial score (nSPS) is 10.4. The van der Waals surface area contributed by atoms with E-state index in [1.165, 1.54) is 0 Å². The Labute approximate surface area is 90.1 Å². The lowest BCUT2D eigenvalue weighted by atomic mass is 10.4. The third kappa shape index (κ3) is 1.98. The highest BCUT2D eigenvalue weighted by molar-refractivity contribution is 9.09. The van der Waals surface area contributed by atoms with E-state index in [9.17, 15) is 0 Å². The number of aromatic nitrogens is 4. The molecule has 2 heterocycles. The Kier molecular flexibility index (Phi) is 2.88. The van der Waals surface area contributed by atoms with Crippen LogP contribution in [0.5, 0.6) is 0 Å². The smallest absolute Gasteiger partial charge is 0.0846 e. The van der Waals surface area contributed by atoms with Gasteiger partial charge in [0.2, 0.25) is 0 Å². The van der Waals surface area contributed by atoms with Crippen LogP contribution in [0.25, 0.3) is 5.69 Å². The number of alkyl halides is 1. The van der Waals surface area contributed by atoms with Crippen molar-refractivity contribution in [1.29, 1.82) is 0 Å². The predicted octanol–water partition coefficient (Wildman–Crippen LogP) is 1.60. The van der Waals surface area contributed by atoms with Crippen molar-refractivity contribution in [3.8, 4) is 5.69 Å². The first-order valence-electron chi connectivity index (χ1n) is 4.28. The fourth-order valence-electron chi connectivity index (χ4n) is 1.13. The zero-order valence-corrected chi connectivity index (χ0v) is 9.05. The van der Waals surface area contributed by atoms with E-state index in [1.54, 1.807) is 17.1 Å². The number of halogens is 1. The Hall–Kier alpha value is -1.23. The van der Waals surface area contributed by atoms with Gasteiger partial charge in [-0.15, -0.1) is 5.10 Å². The highest BCUT2D eigenvalue weighted by Crippen LogP contribution is 2.04. The van der Waals surface area contributed by atoms with Crippen LogP contribution in [0.3, 0.4) is 0 Å². The molecule has 2 aromatic heterocycles. The minimum absolute atomic E-state index is 0.889. The molecular formula is C9H9BrN4. The van der Waals surface area contributed by atoms with E-state index < -0.39 is 0 Å². The second-order valence-electron chi connectivity index (χ2n) is 2.80. The van der Waals surface area contributed by atoms with E-state index in [2.05, 4.69) is 31.2 Å². The fourth-order valence-corrected chi connectivity index (χ4v) is 1.53. The summed E-state index contributed by atoms with van der Waals surface area (Å²) in [5.41, 5.74) is 1.91. The zero-order chi connectivity index (χ0) is 9.80. The van der Waals surface area contributed by atoms with Crippen molar-refractivity contribution >= 4 is 15.9 Å². The first-order chi connectivity index (χ1) is 6.90. The topological polar surface area (TPSA) is 43.6 Å². The Morgan fingerprint density at radius 2 is 2.36 bits per heavy atom. The summed E-state index contributed by atoms with van der Waals surface area (Å²) < 4.78 is 1.73. The van der Waals surface area contributed by atoms with Crippen LogP contribution in [0.2, 0.25) is 0 Å². The number of hydrogen-bond donors (Lipinski definition) is 0. The van der Waals surface area contributed by atoms with Gasteiger partial charge in [-0.1, -0.05) is 21.1 Å². The van der Waals surface area contributed by atoms with Gasteiger partial charge in [0.15, 0.2) is 0 Å². The van der Waals surface area contributed by atoms with Crippen molar-refractivity contribution in [1.82, 2.24) is 20.0 Å². The van der Waals surface area contributed by atoms with Crippen LogP contribution < -0.4 is 0 Å². The maximum atomic E-state index is 4.04. The summed E-state index contributed by atoms with van der Waals surface area (Å²) in [4.78, 5) is 4.02. The molecule has 14 heavy (non-hydrogen) atoms. The van der Waals surface area contributed by atoms with E-state index in [0.717, 1.165) is 23.1 Å². The average Bonchev–Trinajstić information content (AvgIpc) is 2.68. The van der Waals surface area contributed by atoms with Crippen LogP contribution in [-0.2, 0) is 6.42 Å². The third-order valence-corrected chi connectivity index (χ3v) is 2.20. The second-order valence-corrected chi connectivity index (χ2v) is 3.60. The number of nitrogens with zero attached hydrogens (tertiary/aromatic N) is 4. The lowest BCUT2D eigenvalue weighted by Crippen LogP contribution is -1.94. The largest absolute Gasteiger partial charge is 0.262 e. The van der Waals surface area contributed by atoms with Crippen LogP contribution in [0.1, 0.15) is 5.69 Å². The molecule has 72 valence electrons. The maximum Gasteiger partial charge on any atom is 0.0846 e. The van der Waals surface area contributed by atoms with E-state index in [0.29, 0.717) is 0 Å². The minimum atomic E-state index is 0.889. The van der Waals surface area contributed by atoms with E-state index in [-0.39, 0.29) is 0 Å². The van der Waals surface area contributed by atoms with Crippen molar-refractivity contribution in [2.75, 3.05) is 5.33 Å². The molecule has 0 aliphatic heterocycles. The molecule has 0 saturated carbocycles.